The molecule has 2 aliphatic heterocycles. The van der Waals surface area contributed by atoms with Crippen LogP contribution in [0.1, 0.15) is 69.2 Å². The third kappa shape index (κ3) is 5.54. The molecular formula is C30H35FN4O4S. The lowest BCUT2D eigenvalue weighted by molar-refractivity contribution is -0.123. The molecule has 2 aliphatic rings. The average molecular weight is 567 g/mol. The molecule has 0 radical (unpaired) electrons. The molecule has 2 amide bonds. The average Bonchev–Trinajstić information content (AvgIpc) is 3.49. The number of hydrogen-bond donors (Lipinski definition) is 1. The Labute approximate surface area is 238 Å². The van der Waals surface area contributed by atoms with Crippen LogP contribution in [-0.4, -0.2) is 40.7 Å². The molecule has 0 bridgehead atoms. The molecule has 1 N–H and O–H groups in total. The summed E-state index contributed by atoms with van der Waals surface area (Å²) >= 11 is 1.52. The molecule has 1 aromatic heterocycles. The van der Waals surface area contributed by atoms with Crippen LogP contribution < -0.4 is 19.7 Å². The highest BCUT2D eigenvalue weighted by Crippen LogP contribution is 2.50. The number of thioether (sulfide) groups is 1. The summed E-state index contributed by atoms with van der Waals surface area (Å²) in [7, 11) is 0. The van der Waals surface area contributed by atoms with Crippen molar-refractivity contribution < 1.29 is 23.5 Å². The van der Waals surface area contributed by atoms with E-state index in [2.05, 4.69) is 26.1 Å². The molecule has 2 aromatic carbocycles. The van der Waals surface area contributed by atoms with Gasteiger partial charge in [0.25, 0.3) is 0 Å². The zero-order valence-corrected chi connectivity index (χ0v) is 24.5. The Morgan fingerprint density at radius 3 is 2.45 bits per heavy atom. The zero-order chi connectivity index (χ0) is 28.8. The molecule has 10 heteroatoms. The minimum Gasteiger partial charge on any atom is -0.454 e. The first-order valence-corrected chi connectivity index (χ1v) is 14.3. The van der Waals surface area contributed by atoms with Crippen molar-refractivity contribution in [3.05, 3.63) is 70.7 Å². The van der Waals surface area contributed by atoms with Gasteiger partial charge in [-0.05, 0) is 56.2 Å². The number of anilines is 1. The van der Waals surface area contributed by atoms with Gasteiger partial charge in [0.1, 0.15) is 18.2 Å². The summed E-state index contributed by atoms with van der Waals surface area (Å²) in [6.07, 6.45) is 0. The maximum Gasteiger partial charge on any atom is 0.240 e. The number of halogens is 1. The van der Waals surface area contributed by atoms with Gasteiger partial charge < -0.3 is 14.8 Å². The number of fused-ring (bicyclic) bond motifs is 2. The van der Waals surface area contributed by atoms with Crippen molar-refractivity contribution in [1.29, 1.82) is 0 Å². The van der Waals surface area contributed by atoms with Crippen LogP contribution in [0, 0.1) is 5.82 Å². The highest BCUT2D eigenvalue weighted by atomic mass is 32.2. The zero-order valence-electron chi connectivity index (χ0n) is 23.7. The van der Waals surface area contributed by atoms with Crippen LogP contribution >= 0.6 is 11.8 Å². The Morgan fingerprint density at radius 2 is 1.77 bits per heavy atom. The first-order valence-electron chi connectivity index (χ1n) is 13.3. The van der Waals surface area contributed by atoms with Gasteiger partial charge in [-0.1, -0.05) is 39.0 Å². The maximum absolute atomic E-state index is 13.7. The summed E-state index contributed by atoms with van der Waals surface area (Å²) in [5.74, 6) is 1.37. The molecule has 0 saturated carbocycles. The topological polar surface area (TPSA) is 85.7 Å². The van der Waals surface area contributed by atoms with Gasteiger partial charge in [0.2, 0.25) is 18.6 Å². The number of aromatic nitrogens is 2. The molecule has 1 atom stereocenters. The number of nitrogens with one attached hydrogen (secondary N) is 1. The lowest BCUT2D eigenvalue weighted by Gasteiger charge is -2.29. The Kier molecular flexibility index (Phi) is 7.33. The molecule has 40 heavy (non-hydrogen) atoms. The molecule has 3 heterocycles. The second-order valence-electron chi connectivity index (χ2n) is 12.1. The first kappa shape index (κ1) is 28.0. The van der Waals surface area contributed by atoms with Gasteiger partial charge in [-0.15, -0.1) is 11.8 Å². The van der Waals surface area contributed by atoms with Crippen molar-refractivity contribution in [3.8, 4) is 11.5 Å². The van der Waals surface area contributed by atoms with Crippen LogP contribution in [0.2, 0.25) is 0 Å². The lowest BCUT2D eigenvalue weighted by Crippen LogP contribution is -2.43. The Balaban J connectivity index is 1.58. The standard InChI is InChI=1S/C30H35FN4O4S/c1-29(2,3)27-25-26(19-9-12-21-22(13-19)39-17-38-21)40-16-24(37)34(28(25)35(33-27)30(4,5)6)15-23(36)32-14-18-7-10-20(31)11-8-18/h7-13,26H,14-17H2,1-6H3,(H,32,36). The largest absolute Gasteiger partial charge is 0.454 e. The van der Waals surface area contributed by atoms with Crippen LogP contribution in [0.25, 0.3) is 0 Å². The van der Waals surface area contributed by atoms with Gasteiger partial charge in [0.15, 0.2) is 11.5 Å². The predicted molar refractivity (Wildman–Crippen MR) is 153 cm³/mol. The highest BCUT2D eigenvalue weighted by molar-refractivity contribution is 8.00. The Bertz CT molecular complexity index is 1440. The monoisotopic (exact) mass is 566 g/mol. The summed E-state index contributed by atoms with van der Waals surface area (Å²) < 4.78 is 26.4. The number of carbonyl (C=O) groups is 2. The Hall–Kier alpha value is -3.53. The molecule has 1 unspecified atom stereocenters. The summed E-state index contributed by atoms with van der Waals surface area (Å²) in [6.45, 7) is 12.7. The second kappa shape index (κ2) is 10.5. The van der Waals surface area contributed by atoms with Crippen molar-refractivity contribution in [2.75, 3.05) is 24.0 Å². The van der Waals surface area contributed by atoms with Gasteiger partial charge in [-0.3, -0.25) is 14.5 Å². The summed E-state index contributed by atoms with van der Waals surface area (Å²) in [5.41, 5.74) is 2.74. The van der Waals surface area contributed by atoms with E-state index < -0.39 is 5.54 Å². The second-order valence-corrected chi connectivity index (χ2v) is 13.2. The third-order valence-corrected chi connectivity index (χ3v) is 8.09. The number of rotatable bonds is 5. The SMILES string of the molecule is CC(C)(C)c1nn(C(C)(C)C)c2c1C(c1ccc3c(c1)OCO3)SCC(=O)N2CC(=O)NCc1ccc(F)cc1. The van der Waals surface area contributed by atoms with Gasteiger partial charge in [-0.2, -0.15) is 5.10 Å². The number of nitrogens with zero attached hydrogens (tertiary/aromatic N) is 3. The minimum absolute atomic E-state index is 0.160. The van der Waals surface area contributed by atoms with E-state index in [1.165, 1.54) is 23.9 Å². The van der Waals surface area contributed by atoms with Crippen molar-refractivity contribution >= 4 is 29.4 Å². The third-order valence-electron chi connectivity index (χ3n) is 6.84. The van der Waals surface area contributed by atoms with Crippen molar-refractivity contribution in [1.82, 2.24) is 15.1 Å². The van der Waals surface area contributed by atoms with E-state index in [-0.39, 0.29) is 53.9 Å². The molecular weight excluding hydrogens is 531 g/mol. The van der Waals surface area contributed by atoms with Crippen LogP contribution in [0.4, 0.5) is 10.2 Å². The molecule has 3 aromatic rings. The predicted octanol–water partition coefficient (Wildman–Crippen LogP) is 5.29. The molecule has 0 fully saturated rings. The van der Waals surface area contributed by atoms with Gasteiger partial charge >= 0.3 is 0 Å². The first-order chi connectivity index (χ1) is 18.8. The van der Waals surface area contributed by atoms with E-state index in [0.717, 1.165) is 22.4 Å². The number of ether oxygens (including phenoxy) is 2. The molecule has 0 spiro atoms. The highest BCUT2D eigenvalue weighted by Gasteiger charge is 2.41. The van der Waals surface area contributed by atoms with E-state index in [1.807, 2.05) is 43.7 Å². The number of hydrogen-bond acceptors (Lipinski definition) is 6. The smallest absolute Gasteiger partial charge is 0.240 e. The van der Waals surface area contributed by atoms with Crippen LogP contribution in [0.15, 0.2) is 42.5 Å². The minimum atomic E-state index is -0.467. The van der Waals surface area contributed by atoms with Gasteiger partial charge in [0.05, 0.1) is 22.2 Å². The summed E-state index contributed by atoms with van der Waals surface area (Å²) in [5, 5.41) is 7.77. The summed E-state index contributed by atoms with van der Waals surface area (Å²) in [6, 6.07) is 11.8. The van der Waals surface area contributed by atoms with Crippen LogP contribution in [-0.2, 0) is 27.1 Å². The van der Waals surface area contributed by atoms with Crippen molar-refractivity contribution in [3.63, 3.8) is 0 Å². The van der Waals surface area contributed by atoms with Crippen LogP contribution in [0.3, 0.4) is 0 Å². The van der Waals surface area contributed by atoms with Crippen molar-refractivity contribution in [2.24, 2.45) is 0 Å². The number of carbonyl (C=O) groups excluding carboxylic acids is 2. The summed E-state index contributed by atoms with van der Waals surface area (Å²) in [4.78, 5) is 28.5. The van der Waals surface area contributed by atoms with E-state index >= 15 is 0 Å². The molecule has 0 saturated heterocycles. The quantitative estimate of drug-likeness (QED) is 0.452. The Morgan fingerprint density at radius 1 is 1.07 bits per heavy atom. The van der Waals surface area contributed by atoms with E-state index in [0.29, 0.717) is 17.3 Å². The fraction of sp³-hybridized carbons (Fsp3) is 0.433. The molecule has 0 aliphatic carbocycles. The maximum atomic E-state index is 13.7. The molecule has 8 nitrogen and oxygen atoms in total. The lowest BCUT2D eigenvalue weighted by atomic mass is 9.87. The van der Waals surface area contributed by atoms with E-state index in [1.54, 1.807) is 17.0 Å². The molecule has 5 rings (SSSR count). The van der Waals surface area contributed by atoms with E-state index in [4.69, 9.17) is 14.6 Å². The fourth-order valence-electron chi connectivity index (χ4n) is 4.88. The van der Waals surface area contributed by atoms with Gasteiger partial charge in [-0.25, -0.2) is 9.07 Å². The number of benzene rings is 2. The van der Waals surface area contributed by atoms with Crippen molar-refractivity contribution in [2.45, 2.75) is 64.3 Å². The normalized spacial score (nSPS) is 17.0. The van der Waals surface area contributed by atoms with Gasteiger partial charge in [0, 0.05) is 17.5 Å². The number of amides is 2. The fourth-order valence-corrected chi connectivity index (χ4v) is 6.07. The van der Waals surface area contributed by atoms with Crippen LogP contribution in [0.5, 0.6) is 11.5 Å². The molecule has 212 valence electrons. The van der Waals surface area contributed by atoms with E-state index in [9.17, 15) is 14.0 Å².